The molecule has 4 heterocycles. The second kappa shape index (κ2) is 34.3. The monoisotopic (exact) mass is 1310 g/mol. The van der Waals surface area contributed by atoms with Gasteiger partial charge in [-0.25, -0.2) is 4.79 Å². The first-order valence-corrected chi connectivity index (χ1v) is 29.9. The average molecular weight is 1310 g/mol. The molecular weight excluding hydrogens is 1230 g/mol. The Morgan fingerprint density at radius 2 is 1.01 bits per heavy atom. The maximum absolute atomic E-state index is 13.1. The van der Waals surface area contributed by atoms with Crippen molar-refractivity contribution >= 4 is 65.8 Å². The van der Waals surface area contributed by atoms with Gasteiger partial charge < -0.3 is 53.7 Å². The van der Waals surface area contributed by atoms with E-state index in [1.54, 1.807) is 54.6 Å². The molecule has 0 radical (unpaired) electrons. The van der Waals surface area contributed by atoms with Gasteiger partial charge in [-0.15, -0.1) is 0 Å². The Labute approximate surface area is 526 Å². The van der Waals surface area contributed by atoms with Gasteiger partial charge in [-0.2, -0.15) is 16.8 Å². The van der Waals surface area contributed by atoms with Crippen LogP contribution in [0.5, 0.6) is 34.5 Å². The molecule has 0 fully saturated rings. The zero-order valence-corrected chi connectivity index (χ0v) is 50.9. The van der Waals surface area contributed by atoms with E-state index in [9.17, 15) is 49.9 Å². The SMILES string of the molecule is C.COc1cc2c(cc1C(=O)NCCO)C1Cc3ccc(OC)c(OS(=O)(=O)c4ccccc4)c3CN1CC2.COc1cc2c(cc1C(=O)O)C1Cc3ccc(OC)c(OS(=O)(=O)c4ccccc4)c3CN1CC2.NCCO.O=C(Cl)C(=O)Cl.[2H]CF.[2H]CF.[2H][2H]. The number of carboxylic acids is 1. The predicted octanol–water partition coefficient (Wildman–Crippen LogP) is 8.18. The van der Waals surface area contributed by atoms with Crippen LogP contribution in [0.25, 0.3) is 0 Å². The minimum absolute atomic E-state index is 0. The molecule has 0 saturated carbocycles. The molecule has 6 aromatic rings. The number of carbonyl (C=O) groups is 4. The first-order valence-electron chi connectivity index (χ1n) is 28.8. The summed E-state index contributed by atoms with van der Waals surface area (Å²) >= 11 is 8.98. The summed E-state index contributed by atoms with van der Waals surface area (Å²) < 4.78 is 126. The van der Waals surface area contributed by atoms with Crippen LogP contribution in [0.2, 0.25) is 0 Å². The van der Waals surface area contributed by atoms with Crippen LogP contribution in [-0.4, -0.2) is 146 Å². The van der Waals surface area contributed by atoms with Gasteiger partial charge in [-0.1, -0.05) is 56.0 Å². The van der Waals surface area contributed by atoms with Crippen molar-refractivity contribution in [3.63, 3.8) is 0 Å². The number of nitrogens with zero attached hydrogens (tertiary/aromatic N) is 2. The number of fused-ring (bicyclic) bond motifs is 8. The number of benzene rings is 6. The third-order valence-electron chi connectivity index (χ3n) is 14.1. The second-order valence-electron chi connectivity index (χ2n) is 18.9. The van der Waals surface area contributed by atoms with Crippen LogP contribution in [0.1, 0.15) is 90.4 Å². The number of hydrogen-bond acceptors (Lipinski definition) is 19. The van der Waals surface area contributed by atoms with Crippen molar-refractivity contribution in [1.82, 2.24) is 15.1 Å². The molecule has 480 valence electrons. The molecule has 0 aromatic heterocycles. The molecule has 88 heavy (non-hydrogen) atoms. The van der Waals surface area contributed by atoms with Gasteiger partial charge >= 0.3 is 36.7 Å². The van der Waals surface area contributed by atoms with Crippen LogP contribution in [0.15, 0.2) is 119 Å². The van der Waals surface area contributed by atoms with Crippen molar-refractivity contribution in [1.29, 1.82) is 0 Å². The van der Waals surface area contributed by atoms with Crippen molar-refractivity contribution in [2.24, 2.45) is 5.73 Å². The Balaban J connectivity index is 0.000000378. The Hall–Kier alpha value is -7.46. The Morgan fingerprint density at radius 1 is 0.636 bits per heavy atom. The minimum atomic E-state index is -4.06. The number of aliphatic hydroxyl groups is 2. The molecule has 27 heteroatoms. The van der Waals surface area contributed by atoms with Gasteiger partial charge in [0.1, 0.15) is 26.9 Å². The van der Waals surface area contributed by atoms with E-state index in [-0.39, 0.29) is 72.0 Å². The lowest BCUT2D eigenvalue weighted by Crippen LogP contribution is -2.40. The van der Waals surface area contributed by atoms with Gasteiger partial charge in [0.2, 0.25) is 0 Å². The second-order valence-corrected chi connectivity index (χ2v) is 22.7. The maximum atomic E-state index is 13.1. The summed E-state index contributed by atoms with van der Waals surface area (Å²) in [5, 5.41) is 27.0. The predicted molar refractivity (Wildman–Crippen MR) is 329 cm³/mol. The molecule has 4 aliphatic rings. The van der Waals surface area contributed by atoms with Gasteiger partial charge in [0, 0.05) is 65.4 Å². The van der Waals surface area contributed by atoms with Crippen molar-refractivity contribution in [3.8, 4) is 34.5 Å². The van der Waals surface area contributed by atoms with Crippen LogP contribution in [0.3, 0.4) is 0 Å². The van der Waals surface area contributed by atoms with E-state index in [0.717, 1.165) is 70.4 Å². The van der Waals surface area contributed by atoms with Crippen LogP contribution < -0.4 is 38.4 Å². The first-order chi connectivity index (χ1) is 43.6. The van der Waals surface area contributed by atoms with E-state index >= 15 is 0 Å². The van der Waals surface area contributed by atoms with Gasteiger partial charge in [0.15, 0.2) is 23.0 Å². The molecular formula is C61H74Cl2F2N4O17S2. The summed E-state index contributed by atoms with van der Waals surface area (Å²) in [6.07, 6.45) is 2.66. The van der Waals surface area contributed by atoms with E-state index in [2.05, 4.69) is 38.3 Å². The normalized spacial score (nSPS) is 15.3. The zero-order valence-electron chi connectivity index (χ0n) is 51.8. The lowest BCUT2D eigenvalue weighted by atomic mass is 9.82. The quantitative estimate of drug-likeness (QED) is 0.0346. The zero-order chi connectivity index (χ0) is 67.6. The Kier molecular flexibility index (Phi) is 26.5. The van der Waals surface area contributed by atoms with Crippen molar-refractivity contribution in [2.45, 2.75) is 68.1 Å². The number of nitrogens with one attached hydrogen (secondary N) is 1. The summed E-state index contributed by atoms with van der Waals surface area (Å²) in [6, 6.07) is 30.6. The highest BCUT2D eigenvalue weighted by Gasteiger charge is 2.39. The summed E-state index contributed by atoms with van der Waals surface area (Å²) in [4.78, 5) is 48.1. The number of hydrogen-bond donors (Lipinski definition) is 5. The highest BCUT2D eigenvalue weighted by Crippen LogP contribution is 2.48. The molecule has 1 amide bonds. The third kappa shape index (κ3) is 17.7. The molecule has 2 atom stereocenters. The largest absolute Gasteiger partial charge is 0.496 e. The molecule has 2 unspecified atom stereocenters. The molecule has 0 bridgehead atoms. The van der Waals surface area contributed by atoms with Gasteiger partial charge in [-0.3, -0.25) is 33.0 Å². The third-order valence-corrected chi connectivity index (χ3v) is 17.0. The summed E-state index contributed by atoms with van der Waals surface area (Å²) in [5.41, 5.74) is 12.9. The molecule has 0 aliphatic carbocycles. The van der Waals surface area contributed by atoms with Crippen molar-refractivity contribution in [3.05, 3.63) is 165 Å². The number of carbonyl (C=O) groups excluding carboxylic acids is 3. The number of amides is 1. The van der Waals surface area contributed by atoms with Gasteiger partial charge in [-0.05, 0) is 143 Å². The molecule has 6 aromatic carbocycles. The first kappa shape index (κ1) is 68.0. The molecule has 0 spiro atoms. The molecule has 4 aliphatic heterocycles. The smallest absolute Gasteiger partial charge is 0.339 e. The van der Waals surface area contributed by atoms with E-state index in [1.807, 2.05) is 30.3 Å². The number of ether oxygens (including phenoxy) is 4. The standard InChI is InChI=1S/C28H30N2O7S.C26H25NO7S.C2Cl2O2.C2H7NO.2CH3F.CH4.H2/c1-35-25-9-8-18-14-24-21-16-22(28(32)29-11-13-31)26(36-2)15-19(21)10-12-30(24)17-23(18)27(25)37-38(33,34)20-6-4-3-5-7-20;1-32-23-9-8-16-12-22-19-14-20(26(28)29)24(33-2)13-17(19)10-11-27(22)15-21(16)25(23)34-35(30,31)18-6-4-3-5-7-18;3-1(5)2(4)6;3-1-2-4;2*1-2;;/h3-9,15-16,24,31H,10-14,17H2,1-2H3,(H,29,32);3-9,13-14,22H,10-12,15H2,1-2H3,(H,28,29);;4H,1-3H2;2*1H3;1H4;1H/i;;;;2*1D;;1+1D. The van der Waals surface area contributed by atoms with E-state index in [4.69, 9.17) is 49.0 Å². The maximum Gasteiger partial charge on any atom is 0.339 e. The number of aromatic carboxylic acids is 1. The molecule has 21 nitrogen and oxygen atoms in total. The molecule has 6 N–H and O–H groups in total. The average Bonchev–Trinajstić information content (AvgIpc) is 0.760. The fourth-order valence-electron chi connectivity index (χ4n) is 10.2. The van der Waals surface area contributed by atoms with Gasteiger partial charge in [0.05, 0.1) is 64.3 Å². The molecule has 0 saturated heterocycles. The summed E-state index contributed by atoms with van der Waals surface area (Å²) in [6.45, 7) is 2.87. The highest BCUT2D eigenvalue weighted by atomic mass is 35.5. The van der Waals surface area contributed by atoms with E-state index in [0.29, 0.717) is 61.0 Å². The fraction of sp³-hybridized carbons (Fsp3) is 0.344. The number of methoxy groups -OCH3 is 4. The van der Waals surface area contributed by atoms with Crippen LogP contribution in [0, 0.1) is 0 Å². The topological polar surface area (TPSA) is 297 Å². The summed E-state index contributed by atoms with van der Waals surface area (Å²) in [5.74, 6) is 0.602. The number of rotatable bonds is 16. The number of alkyl halides is 2. The van der Waals surface area contributed by atoms with E-state index < -0.39 is 51.0 Å². The number of aliphatic hydroxyl groups excluding tert-OH is 2. The van der Waals surface area contributed by atoms with Crippen LogP contribution in [0.4, 0.5) is 8.78 Å². The Morgan fingerprint density at radius 3 is 1.35 bits per heavy atom. The lowest BCUT2D eigenvalue weighted by Gasteiger charge is -2.42. The molecule has 10 rings (SSSR count). The van der Waals surface area contributed by atoms with Crippen LogP contribution in [-0.2, 0) is 68.6 Å². The van der Waals surface area contributed by atoms with Gasteiger partial charge in [0.25, 0.3) is 5.91 Å². The number of carboxylic acid groups (broad SMARTS) is 1. The van der Waals surface area contributed by atoms with Crippen molar-refractivity contribution < 1.29 is 93.1 Å². The van der Waals surface area contributed by atoms with Crippen molar-refractivity contribution in [2.75, 3.05) is 82.1 Å². The summed E-state index contributed by atoms with van der Waals surface area (Å²) in [7, 11) is -4.14. The Bertz CT molecular complexity index is 3640. The number of nitrogens with two attached hydrogens (primary N) is 1. The lowest BCUT2D eigenvalue weighted by molar-refractivity contribution is -0.127. The minimum Gasteiger partial charge on any atom is -0.496 e. The highest BCUT2D eigenvalue weighted by molar-refractivity contribution is 7.87. The van der Waals surface area contributed by atoms with E-state index in [1.165, 1.54) is 52.7 Å². The number of halogens is 4. The fourth-order valence-corrected chi connectivity index (χ4v) is 12.2. The van der Waals surface area contributed by atoms with Crippen LogP contribution >= 0.6 is 23.2 Å².